The number of hydrogen-bond donors (Lipinski definition) is 1. The number of nitrogens with zero attached hydrogens (tertiary/aromatic N) is 1. The summed E-state index contributed by atoms with van der Waals surface area (Å²) in [4.78, 5) is 12.9. The zero-order chi connectivity index (χ0) is 6.97. The highest BCUT2D eigenvalue weighted by atomic mass is 127. The molecule has 2 aliphatic rings. The molecule has 4 heteroatoms. The monoisotopic (exact) mass is 264 g/mol. The molecule has 0 aliphatic carbocycles. The summed E-state index contributed by atoms with van der Waals surface area (Å²) in [5.74, 6) is 1.28. The maximum absolute atomic E-state index is 10.8. The molecule has 2 rings (SSSR count). The van der Waals surface area contributed by atoms with Gasteiger partial charge in [0, 0.05) is 12.6 Å². The van der Waals surface area contributed by atoms with E-state index in [2.05, 4.69) is 11.0 Å². The third-order valence-corrected chi connectivity index (χ3v) is 1.75. The van der Waals surface area contributed by atoms with E-state index in [-0.39, 0.29) is 29.9 Å². The smallest absolute Gasteiger partial charge is 0.336 e. The molecular formula is C7H9IN2O. The Hall–Kier alpha value is -0.360. The van der Waals surface area contributed by atoms with Gasteiger partial charge in [-0.1, -0.05) is 12.2 Å². The van der Waals surface area contributed by atoms with Crippen LogP contribution >= 0.6 is 0 Å². The van der Waals surface area contributed by atoms with Gasteiger partial charge in [-0.2, -0.15) is 0 Å². The van der Waals surface area contributed by atoms with Gasteiger partial charge in [-0.3, -0.25) is 0 Å². The Balaban J connectivity index is 0.000000605. The number of rotatable bonds is 0. The molecule has 2 N–H and O–H groups in total. The SMILES string of the molecule is O=C1CN2CC=CC=C2[NH2+]1.[I-]. The van der Waals surface area contributed by atoms with E-state index in [0.717, 1.165) is 12.4 Å². The molecule has 0 aromatic heterocycles. The highest BCUT2D eigenvalue weighted by Crippen LogP contribution is 2.05. The maximum Gasteiger partial charge on any atom is 0.336 e. The molecule has 0 atom stereocenters. The predicted octanol–water partition coefficient (Wildman–Crippen LogP) is -4.19. The summed E-state index contributed by atoms with van der Waals surface area (Å²) >= 11 is 0. The van der Waals surface area contributed by atoms with Crippen molar-refractivity contribution in [2.45, 2.75) is 0 Å². The number of nitrogens with two attached hydrogens (primary N) is 1. The Morgan fingerprint density at radius 1 is 1.55 bits per heavy atom. The molecule has 11 heavy (non-hydrogen) atoms. The number of halogens is 1. The average Bonchev–Trinajstić information content (AvgIpc) is 2.27. The molecule has 0 aromatic rings. The van der Waals surface area contributed by atoms with Gasteiger partial charge in [0.2, 0.25) is 5.82 Å². The molecule has 1 amide bonds. The van der Waals surface area contributed by atoms with Gasteiger partial charge in [0.1, 0.15) is 6.54 Å². The fraction of sp³-hybridized carbons (Fsp3) is 0.286. The van der Waals surface area contributed by atoms with E-state index in [9.17, 15) is 4.79 Å². The van der Waals surface area contributed by atoms with Gasteiger partial charge in [-0.25, -0.2) is 10.1 Å². The zero-order valence-corrected chi connectivity index (χ0v) is 8.11. The summed E-state index contributed by atoms with van der Waals surface area (Å²) in [7, 11) is 0. The van der Waals surface area contributed by atoms with Crippen LogP contribution in [0.25, 0.3) is 0 Å². The molecule has 0 bridgehead atoms. The fourth-order valence-electron chi connectivity index (χ4n) is 1.26. The van der Waals surface area contributed by atoms with Gasteiger partial charge in [-0.05, 0) is 0 Å². The predicted molar refractivity (Wildman–Crippen MR) is 35.7 cm³/mol. The van der Waals surface area contributed by atoms with Crippen LogP contribution in [0.5, 0.6) is 0 Å². The average molecular weight is 264 g/mol. The molecule has 0 saturated carbocycles. The van der Waals surface area contributed by atoms with E-state index in [4.69, 9.17) is 0 Å². The van der Waals surface area contributed by atoms with Gasteiger partial charge < -0.3 is 28.9 Å². The highest BCUT2D eigenvalue weighted by Gasteiger charge is 2.28. The van der Waals surface area contributed by atoms with E-state index in [1.54, 1.807) is 5.32 Å². The van der Waals surface area contributed by atoms with Crippen molar-refractivity contribution in [3.63, 3.8) is 0 Å². The number of fused-ring (bicyclic) bond motifs is 1. The van der Waals surface area contributed by atoms with E-state index in [1.807, 2.05) is 12.2 Å². The van der Waals surface area contributed by atoms with Crippen molar-refractivity contribution >= 4 is 5.91 Å². The third-order valence-electron chi connectivity index (χ3n) is 1.75. The number of carbonyl (C=O) groups excluding carboxylic acids is 1. The first kappa shape index (κ1) is 8.73. The van der Waals surface area contributed by atoms with Crippen LogP contribution in [0.2, 0.25) is 0 Å². The second-order valence-electron chi connectivity index (χ2n) is 2.51. The summed E-state index contributed by atoms with van der Waals surface area (Å²) in [6, 6.07) is 0. The third kappa shape index (κ3) is 1.62. The highest BCUT2D eigenvalue weighted by molar-refractivity contribution is 5.71. The van der Waals surface area contributed by atoms with Gasteiger partial charge >= 0.3 is 5.91 Å². The van der Waals surface area contributed by atoms with E-state index in [0.29, 0.717) is 6.54 Å². The molecule has 60 valence electrons. The number of carbonyl (C=O) groups is 1. The van der Waals surface area contributed by atoms with Crippen molar-refractivity contribution in [3.05, 3.63) is 24.0 Å². The second-order valence-corrected chi connectivity index (χ2v) is 2.51. The Morgan fingerprint density at radius 3 is 3.09 bits per heavy atom. The molecule has 0 radical (unpaired) electrons. The van der Waals surface area contributed by atoms with Crippen LogP contribution in [0.1, 0.15) is 0 Å². The van der Waals surface area contributed by atoms with Gasteiger partial charge in [-0.15, -0.1) is 0 Å². The number of hydrogen-bond acceptors (Lipinski definition) is 2. The summed E-state index contributed by atoms with van der Waals surface area (Å²) in [5, 5.41) is 1.70. The van der Waals surface area contributed by atoms with Gasteiger partial charge in [0.25, 0.3) is 0 Å². The fourth-order valence-corrected chi connectivity index (χ4v) is 1.26. The maximum atomic E-state index is 10.8. The van der Waals surface area contributed by atoms with Crippen LogP contribution in [0.4, 0.5) is 0 Å². The second kappa shape index (κ2) is 3.36. The quantitative estimate of drug-likeness (QED) is 0.451. The Kier molecular flexibility index (Phi) is 2.67. The van der Waals surface area contributed by atoms with Crippen LogP contribution in [-0.2, 0) is 4.79 Å². The lowest BCUT2D eigenvalue weighted by atomic mass is 10.3. The van der Waals surface area contributed by atoms with E-state index >= 15 is 0 Å². The minimum absolute atomic E-state index is 0. The first-order chi connectivity index (χ1) is 4.86. The topological polar surface area (TPSA) is 36.9 Å². The van der Waals surface area contributed by atoms with Crippen LogP contribution < -0.4 is 29.3 Å². The Bertz CT molecular complexity index is 235. The number of primary amides is 1. The molecular weight excluding hydrogens is 255 g/mol. The molecule has 0 aromatic carbocycles. The van der Waals surface area contributed by atoms with E-state index < -0.39 is 0 Å². The zero-order valence-electron chi connectivity index (χ0n) is 5.96. The lowest BCUT2D eigenvalue weighted by molar-refractivity contribution is -0.515. The van der Waals surface area contributed by atoms with Crippen LogP contribution in [-0.4, -0.2) is 23.9 Å². The minimum atomic E-state index is 0. The van der Waals surface area contributed by atoms with Crippen molar-refractivity contribution < 1.29 is 34.1 Å². The molecule has 1 saturated heterocycles. The lowest BCUT2D eigenvalue weighted by Crippen LogP contribution is -3.00. The van der Waals surface area contributed by atoms with Crippen molar-refractivity contribution in [2.75, 3.05) is 13.1 Å². The summed E-state index contributed by atoms with van der Waals surface area (Å²) < 4.78 is 0. The van der Waals surface area contributed by atoms with Crippen LogP contribution in [0, 0.1) is 0 Å². The molecule has 2 heterocycles. The number of amides is 1. The first-order valence-electron chi connectivity index (χ1n) is 3.35. The van der Waals surface area contributed by atoms with Gasteiger partial charge in [0.05, 0.1) is 0 Å². The van der Waals surface area contributed by atoms with Crippen molar-refractivity contribution in [1.29, 1.82) is 0 Å². The van der Waals surface area contributed by atoms with E-state index in [1.165, 1.54) is 0 Å². The lowest BCUT2D eigenvalue weighted by Gasteiger charge is -2.13. The molecule has 3 nitrogen and oxygen atoms in total. The summed E-state index contributed by atoms with van der Waals surface area (Å²) in [6.07, 6.45) is 6.01. The van der Waals surface area contributed by atoms with Gasteiger partial charge in [0.15, 0.2) is 0 Å². The number of quaternary nitrogens is 1. The molecule has 0 spiro atoms. The minimum Gasteiger partial charge on any atom is -1.00 e. The molecule has 2 aliphatic heterocycles. The van der Waals surface area contributed by atoms with Crippen molar-refractivity contribution in [3.8, 4) is 0 Å². The molecule has 0 unspecified atom stereocenters. The number of allylic oxidation sites excluding steroid dienone is 2. The first-order valence-corrected chi connectivity index (χ1v) is 3.35. The normalized spacial score (nSPS) is 20.9. The van der Waals surface area contributed by atoms with Crippen molar-refractivity contribution in [2.24, 2.45) is 0 Å². The standard InChI is InChI=1S/C7H8N2O.HI/c10-7-5-9-4-2-1-3-6(9)8-7;/h1-3H,4-5H2,(H,8,10);1H. The molecule has 1 fully saturated rings. The summed E-state index contributed by atoms with van der Waals surface area (Å²) in [6.45, 7) is 1.45. The summed E-state index contributed by atoms with van der Waals surface area (Å²) in [5.41, 5.74) is 0. The largest absolute Gasteiger partial charge is 1.00 e. The van der Waals surface area contributed by atoms with Crippen LogP contribution in [0.3, 0.4) is 0 Å². The van der Waals surface area contributed by atoms with Crippen LogP contribution in [0.15, 0.2) is 24.0 Å². The Labute approximate surface area is 82.2 Å². The Morgan fingerprint density at radius 2 is 2.36 bits per heavy atom. The van der Waals surface area contributed by atoms with Crippen molar-refractivity contribution in [1.82, 2.24) is 4.90 Å².